The molecule has 1 aromatic rings. The zero-order valence-corrected chi connectivity index (χ0v) is 22.1. The number of nitrogens with one attached hydrogen (secondary N) is 2. The molecule has 2 aliphatic heterocycles. The van der Waals surface area contributed by atoms with Crippen molar-refractivity contribution in [2.75, 3.05) is 13.1 Å². The zero-order chi connectivity index (χ0) is 29.9. The lowest BCUT2D eigenvalue weighted by Crippen LogP contribution is -2.90. The Labute approximate surface area is 230 Å². The standard InChI is InChI=1S/C25H37N5O10/c1-10-9-30(18(19(10)34)22(26)37)25(40)16(11(2)31)28-24(39)17(29-23(38)15-7-14(33)8-27-15)21(36)20(35)12-3-5-13(32)6-4-12/h3-6,10-11,14-21,27,31-36H,7-9H2,1-2H3,(H2,26,37)(H,28,39)(H,29,38)/p+1/t10-,11?,14+,15-,16-,17?,18?,19-,20-,21-/m0/s1. The number of hydrogen-bond acceptors (Lipinski definition) is 10. The van der Waals surface area contributed by atoms with Gasteiger partial charge in [0.2, 0.25) is 17.7 Å². The Bertz CT molecular complexity index is 1090. The van der Waals surface area contributed by atoms with Gasteiger partial charge < -0.3 is 57.2 Å². The second-order valence-electron chi connectivity index (χ2n) is 10.5. The van der Waals surface area contributed by atoms with Crippen molar-refractivity contribution in [3.8, 4) is 5.75 Å². The molecule has 10 atom stereocenters. The number of aliphatic hydroxyl groups is 5. The van der Waals surface area contributed by atoms with Gasteiger partial charge in [-0.2, -0.15) is 0 Å². The highest BCUT2D eigenvalue weighted by Crippen LogP contribution is 2.25. The first kappa shape index (κ1) is 31.2. The van der Waals surface area contributed by atoms with E-state index in [1.54, 1.807) is 12.2 Å². The molecule has 0 aliphatic carbocycles. The van der Waals surface area contributed by atoms with Crippen LogP contribution in [0.15, 0.2) is 24.3 Å². The number of rotatable bonds is 10. The molecule has 3 rings (SSSR count). The minimum atomic E-state index is -1.96. The molecule has 222 valence electrons. The predicted octanol–water partition coefficient (Wildman–Crippen LogP) is -5.47. The van der Waals surface area contributed by atoms with E-state index < -0.39 is 84.2 Å². The molecule has 2 aliphatic rings. The number of aliphatic hydroxyl groups excluding tert-OH is 5. The number of phenols is 1. The smallest absolute Gasteiger partial charge is 0.279 e. The van der Waals surface area contributed by atoms with E-state index in [1.807, 2.05) is 0 Å². The van der Waals surface area contributed by atoms with Gasteiger partial charge in [-0.15, -0.1) is 0 Å². The maximum absolute atomic E-state index is 13.4. The molecule has 0 aromatic heterocycles. The quantitative estimate of drug-likeness (QED) is 0.128. The first-order valence-electron chi connectivity index (χ1n) is 13.0. The van der Waals surface area contributed by atoms with E-state index in [0.29, 0.717) is 0 Å². The van der Waals surface area contributed by atoms with Gasteiger partial charge in [-0.05, 0) is 24.6 Å². The third kappa shape index (κ3) is 6.86. The summed E-state index contributed by atoms with van der Waals surface area (Å²) in [6.07, 6.45) is -7.16. The minimum Gasteiger partial charge on any atom is -0.508 e. The molecule has 3 unspecified atom stereocenters. The number of aromatic hydroxyl groups is 1. The van der Waals surface area contributed by atoms with Crippen LogP contribution in [0.1, 0.15) is 31.9 Å². The second kappa shape index (κ2) is 12.9. The molecule has 0 saturated carbocycles. The number of carbonyl (C=O) groups is 4. The van der Waals surface area contributed by atoms with Crippen molar-refractivity contribution < 1.29 is 55.1 Å². The van der Waals surface area contributed by atoms with Gasteiger partial charge in [0.05, 0.1) is 12.2 Å². The molecule has 0 spiro atoms. The molecule has 15 nitrogen and oxygen atoms in total. The van der Waals surface area contributed by atoms with Crippen LogP contribution in [0, 0.1) is 5.92 Å². The Morgan fingerprint density at radius 2 is 1.68 bits per heavy atom. The number of primary amides is 1. The van der Waals surface area contributed by atoms with E-state index >= 15 is 0 Å². The summed E-state index contributed by atoms with van der Waals surface area (Å²) in [5.74, 6) is -4.41. The molecule has 2 heterocycles. The first-order chi connectivity index (χ1) is 18.7. The van der Waals surface area contributed by atoms with Crippen molar-refractivity contribution in [3.05, 3.63) is 29.8 Å². The van der Waals surface area contributed by atoms with Gasteiger partial charge in [-0.3, -0.25) is 19.2 Å². The van der Waals surface area contributed by atoms with Crippen molar-refractivity contribution >= 4 is 23.6 Å². The van der Waals surface area contributed by atoms with E-state index in [1.165, 1.54) is 31.2 Å². The van der Waals surface area contributed by atoms with Crippen molar-refractivity contribution in [3.63, 3.8) is 0 Å². The summed E-state index contributed by atoms with van der Waals surface area (Å²) in [5.41, 5.74) is 5.48. The van der Waals surface area contributed by atoms with E-state index in [4.69, 9.17) is 5.73 Å². The summed E-state index contributed by atoms with van der Waals surface area (Å²) < 4.78 is 0. The van der Waals surface area contributed by atoms with Crippen LogP contribution in [0.3, 0.4) is 0 Å². The van der Waals surface area contributed by atoms with Crippen molar-refractivity contribution in [1.29, 1.82) is 0 Å². The Morgan fingerprint density at radius 1 is 1.05 bits per heavy atom. The van der Waals surface area contributed by atoms with Gasteiger partial charge in [-0.25, -0.2) is 0 Å². The monoisotopic (exact) mass is 568 g/mol. The van der Waals surface area contributed by atoms with Gasteiger partial charge in [0.1, 0.15) is 48.7 Å². The molecule has 12 N–H and O–H groups in total. The number of nitrogens with two attached hydrogens (primary N) is 2. The number of hydrogen-bond donors (Lipinski definition) is 10. The summed E-state index contributed by atoms with van der Waals surface area (Å²) in [6.45, 7) is 2.94. The lowest BCUT2D eigenvalue weighted by molar-refractivity contribution is -0.659. The lowest BCUT2D eigenvalue weighted by Gasteiger charge is -2.32. The lowest BCUT2D eigenvalue weighted by atomic mass is 9.97. The van der Waals surface area contributed by atoms with Crippen LogP contribution >= 0.6 is 0 Å². The van der Waals surface area contributed by atoms with Crippen LogP contribution in [0.4, 0.5) is 0 Å². The van der Waals surface area contributed by atoms with E-state index in [0.717, 1.165) is 4.90 Å². The second-order valence-corrected chi connectivity index (χ2v) is 10.5. The number of carbonyl (C=O) groups excluding carboxylic acids is 4. The van der Waals surface area contributed by atoms with Gasteiger partial charge in [-0.1, -0.05) is 19.1 Å². The van der Waals surface area contributed by atoms with Crippen LogP contribution in [0.2, 0.25) is 0 Å². The van der Waals surface area contributed by atoms with Gasteiger partial charge in [0.15, 0.2) is 6.04 Å². The van der Waals surface area contributed by atoms with Gasteiger partial charge in [0.25, 0.3) is 5.91 Å². The molecule has 2 fully saturated rings. The van der Waals surface area contributed by atoms with Crippen molar-refractivity contribution in [2.24, 2.45) is 11.7 Å². The molecule has 4 amide bonds. The Kier molecular flexibility index (Phi) is 10.0. The normalized spacial score (nSPS) is 28.3. The molecule has 0 bridgehead atoms. The van der Waals surface area contributed by atoms with Crippen LogP contribution in [-0.4, -0.2) is 121 Å². The number of amides is 4. The third-order valence-electron chi connectivity index (χ3n) is 7.38. The topological polar surface area (TPSA) is 260 Å². The van der Waals surface area contributed by atoms with Crippen LogP contribution in [0.25, 0.3) is 0 Å². The summed E-state index contributed by atoms with van der Waals surface area (Å²) in [6, 6.07) is -0.618. The molecule has 2 saturated heterocycles. The van der Waals surface area contributed by atoms with Crippen LogP contribution in [-0.2, 0) is 19.2 Å². The average Bonchev–Trinajstić information content (AvgIpc) is 3.47. The van der Waals surface area contributed by atoms with Gasteiger partial charge >= 0.3 is 0 Å². The minimum absolute atomic E-state index is 0.0789. The largest absolute Gasteiger partial charge is 0.508 e. The van der Waals surface area contributed by atoms with Gasteiger partial charge in [0, 0.05) is 18.9 Å². The third-order valence-corrected chi connectivity index (χ3v) is 7.38. The summed E-state index contributed by atoms with van der Waals surface area (Å²) >= 11 is 0. The van der Waals surface area contributed by atoms with Crippen LogP contribution < -0.4 is 21.7 Å². The number of nitrogens with zero attached hydrogens (tertiary/aromatic N) is 1. The van der Waals surface area contributed by atoms with Crippen molar-refractivity contribution in [1.82, 2.24) is 15.5 Å². The first-order valence-corrected chi connectivity index (χ1v) is 13.0. The number of quaternary nitrogens is 1. The number of benzene rings is 1. The average molecular weight is 569 g/mol. The SMILES string of the molecule is CC(O)[C@H](NC(=O)C(NC(=O)[C@@H]1C[C@@H](O)C[NH2+]1)[C@H](O)[C@@H](O)c1ccc(O)cc1)C(=O)N1C[C@H](C)[C@H](O)C1C(N)=O. The van der Waals surface area contributed by atoms with E-state index in [9.17, 15) is 49.8 Å². The number of phenolic OH excluding ortho intramolecular Hbond substituents is 1. The maximum atomic E-state index is 13.4. The molecule has 1 aromatic carbocycles. The Hall–Kier alpha value is -3.34. The van der Waals surface area contributed by atoms with E-state index in [2.05, 4.69) is 10.6 Å². The zero-order valence-electron chi connectivity index (χ0n) is 22.1. The van der Waals surface area contributed by atoms with Crippen molar-refractivity contribution in [2.45, 2.75) is 75.0 Å². The molecular formula is C25H38N5O10+. The predicted molar refractivity (Wildman–Crippen MR) is 136 cm³/mol. The summed E-state index contributed by atoms with van der Waals surface area (Å²) in [4.78, 5) is 52.6. The number of likely N-dealkylation sites (tertiary alicyclic amines) is 1. The fourth-order valence-electron chi connectivity index (χ4n) is 5.02. The van der Waals surface area contributed by atoms with E-state index in [-0.39, 0.29) is 30.8 Å². The molecule has 15 heteroatoms. The van der Waals surface area contributed by atoms with Crippen LogP contribution in [0.5, 0.6) is 5.75 Å². The fraction of sp³-hybridized carbons (Fsp3) is 0.600. The maximum Gasteiger partial charge on any atom is 0.279 e. The Morgan fingerprint density at radius 3 is 2.20 bits per heavy atom. The highest BCUT2D eigenvalue weighted by atomic mass is 16.3. The molecule has 0 radical (unpaired) electrons. The highest BCUT2D eigenvalue weighted by molar-refractivity contribution is 5.95. The highest BCUT2D eigenvalue weighted by Gasteiger charge is 2.47. The summed E-state index contributed by atoms with van der Waals surface area (Å²) in [5, 5.41) is 68.0. The fourth-order valence-corrected chi connectivity index (χ4v) is 5.02. The Balaban J connectivity index is 1.86. The summed E-state index contributed by atoms with van der Waals surface area (Å²) in [7, 11) is 0. The molecule has 40 heavy (non-hydrogen) atoms. The molecular weight excluding hydrogens is 530 g/mol.